The van der Waals surface area contributed by atoms with Crippen molar-refractivity contribution in [3.63, 3.8) is 0 Å². The smallest absolute Gasteiger partial charge is 0.179 e. The minimum Gasteiger partial charge on any atom is -0.293 e. The highest BCUT2D eigenvalue weighted by Crippen LogP contribution is 2.47. The molecular formula is C15H18OS. The first-order valence-electron chi connectivity index (χ1n) is 5.85. The minimum atomic E-state index is -0.371. The average Bonchev–Trinajstić information content (AvgIpc) is 2.26. The highest BCUT2D eigenvalue weighted by molar-refractivity contribution is 8.01. The molecule has 1 aromatic carbocycles. The summed E-state index contributed by atoms with van der Waals surface area (Å²) >= 11 is 1.63. The van der Waals surface area contributed by atoms with Gasteiger partial charge in [0, 0.05) is 10.5 Å². The Bertz CT molecular complexity index is 467. The predicted octanol–water partition coefficient (Wildman–Crippen LogP) is 4.09. The van der Waals surface area contributed by atoms with Crippen LogP contribution >= 0.6 is 11.8 Å². The minimum absolute atomic E-state index is 0.0339. The van der Waals surface area contributed by atoms with Crippen LogP contribution in [0.5, 0.6) is 0 Å². The second-order valence-corrected chi connectivity index (χ2v) is 7.18. The molecule has 1 aromatic rings. The van der Waals surface area contributed by atoms with Gasteiger partial charge >= 0.3 is 0 Å². The highest BCUT2D eigenvalue weighted by Gasteiger charge is 2.46. The van der Waals surface area contributed by atoms with Crippen molar-refractivity contribution in [3.05, 3.63) is 42.0 Å². The molecule has 0 spiro atoms. The largest absolute Gasteiger partial charge is 0.293 e. The molecule has 1 atom stereocenters. The third-order valence-corrected chi connectivity index (χ3v) is 4.23. The summed E-state index contributed by atoms with van der Waals surface area (Å²) in [6, 6.07) is 10.1. The number of rotatable bonds is 2. The topological polar surface area (TPSA) is 17.1 Å². The Balaban J connectivity index is 2.20. The van der Waals surface area contributed by atoms with Crippen molar-refractivity contribution in [2.45, 2.75) is 37.3 Å². The van der Waals surface area contributed by atoms with Gasteiger partial charge in [0.15, 0.2) is 5.78 Å². The Morgan fingerprint density at radius 2 is 1.71 bits per heavy atom. The summed E-state index contributed by atoms with van der Waals surface area (Å²) in [5.74, 6) is 0.277. The molecular weight excluding hydrogens is 228 g/mol. The molecule has 0 aliphatic heterocycles. The van der Waals surface area contributed by atoms with Crippen molar-refractivity contribution in [1.29, 1.82) is 0 Å². The Hall–Kier alpha value is -1.02. The molecule has 2 heteroatoms. The van der Waals surface area contributed by atoms with Crippen LogP contribution in [0.2, 0.25) is 0 Å². The van der Waals surface area contributed by atoms with Crippen LogP contribution in [0.15, 0.2) is 46.9 Å². The van der Waals surface area contributed by atoms with Crippen LogP contribution in [-0.2, 0) is 4.79 Å². The van der Waals surface area contributed by atoms with Gasteiger partial charge in [-0.15, -0.1) is 11.8 Å². The average molecular weight is 246 g/mol. The molecule has 0 aromatic heterocycles. The van der Waals surface area contributed by atoms with Crippen molar-refractivity contribution in [2.24, 2.45) is 5.41 Å². The molecule has 17 heavy (non-hydrogen) atoms. The molecule has 0 bridgehead atoms. The van der Waals surface area contributed by atoms with Gasteiger partial charge in [0.25, 0.3) is 0 Å². The third kappa shape index (κ3) is 2.32. The van der Waals surface area contributed by atoms with E-state index in [1.54, 1.807) is 11.8 Å². The molecule has 1 nitrogen and oxygen atoms in total. The van der Waals surface area contributed by atoms with E-state index in [1.807, 2.05) is 37.3 Å². The van der Waals surface area contributed by atoms with Gasteiger partial charge in [0.05, 0.1) is 4.75 Å². The molecule has 0 radical (unpaired) electrons. The van der Waals surface area contributed by atoms with Gasteiger partial charge in [0.1, 0.15) is 0 Å². The summed E-state index contributed by atoms with van der Waals surface area (Å²) in [6.45, 7) is 8.26. The van der Waals surface area contributed by atoms with Gasteiger partial charge in [-0.2, -0.15) is 0 Å². The summed E-state index contributed by atoms with van der Waals surface area (Å²) in [4.78, 5) is 13.4. The number of Topliss-reactive ketones (excluding diaryl/α,β-unsaturated/α-hetero) is 1. The van der Waals surface area contributed by atoms with Crippen molar-refractivity contribution < 1.29 is 4.79 Å². The van der Waals surface area contributed by atoms with E-state index in [1.165, 1.54) is 0 Å². The Morgan fingerprint density at radius 1 is 1.12 bits per heavy atom. The fraction of sp³-hybridized carbons (Fsp3) is 0.400. The van der Waals surface area contributed by atoms with Crippen LogP contribution in [0, 0.1) is 5.41 Å². The first-order valence-corrected chi connectivity index (χ1v) is 6.67. The van der Waals surface area contributed by atoms with E-state index >= 15 is 0 Å². The molecule has 0 saturated heterocycles. The second kappa shape index (κ2) is 4.02. The summed E-state index contributed by atoms with van der Waals surface area (Å²) in [5, 5.41) is 0. The predicted molar refractivity (Wildman–Crippen MR) is 73.2 cm³/mol. The molecule has 0 heterocycles. The molecule has 1 aliphatic rings. The molecule has 0 amide bonds. The van der Waals surface area contributed by atoms with Gasteiger partial charge in [-0.05, 0) is 24.5 Å². The molecule has 0 N–H and O–H groups in total. The van der Waals surface area contributed by atoms with Crippen molar-refractivity contribution >= 4 is 17.5 Å². The maximum atomic E-state index is 12.2. The van der Waals surface area contributed by atoms with Gasteiger partial charge < -0.3 is 0 Å². The van der Waals surface area contributed by atoms with E-state index < -0.39 is 0 Å². The normalized spacial score (nSPS) is 24.2. The molecule has 0 fully saturated rings. The zero-order valence-corrected chi connectivity index (χ0v) is 11.6. The Morgan fingerprint density at radius 3 is 2.18 bits per heavy atom. The number of hydrogen-bond donors (Lipinski definition) is 0. The lowest BCUT2D eigenvalue weighted by molar-refractivity contribution is -0.119. The van der Waals surface area contributed by atoms with Crippen LogP contribution in [-0.4, -0.2) is 10.5 Å². The zero-order valence-electron chi connectivity index (χ0n) is 10.8. The van der Waals surface area contributed by atoms with E-state index in [0.29, 0.717) is 0 Å². The summed E-state index contributed by atoms with van der Waals surface area (Å²) in [7, 11) is 0. The zero-order chi connectivity index (χ0) is 12.7. The number of hydrogen-bond acceptors (Lipinski definition) is 2. The fourth-order valence-corrected chi connectivity index (χ4v) is 3.12. The quantitative estimate of drug-likeness (QED) is 0.781. The number of carbonyl (C=O) groups is 1. The van der Waals surface area contributed by atoms with E-state index in [2.05, 4.69) is 26.8 Å². The molecule has 90 valence electrons. The van der Waals surface area contributed by atoms with Crippen LogP contribution < -0.4 is 0 Å². The van der Waals surface area contributed by atoms with Gasteiger partial charge in [0.2, 0.25) is 0 Å². The SMILES string of the molecule is CC(C)(C)C1=CC(C)(Sc2ccccc2)C1=O. The van der Waals surface area contributed by atoms with Gasteiger partial charge in [-0.3, -0.25) is 4.79 Å². The van der Waals surface area contributed by atoms with Crippen molar-refractivity contribution in [1.82, 2.24) is 0 Å². The first-order chi connectivity index (χ1) is 7.83. The monoisotopic (exact) mass is 246 g/mol. The number of benzene rings is 1. The third-order valence-electron chi connectivity index (χ3n) is 3.00. The van der Waals surface area contributed by atoms with Crippen LogP contribution in [0.25, 0.3) is 0 Å². The highest BCUT2D eigenvalue weighted by atomic mass is 32.2. The summed E-state index contributed by atoms with van der Waals surface area (Å²) < 4.78 is -0.371. The molecule has 0 saturated carbocycles. The second-order valence-electron chi connectivity index (χ2n) is 5.66. The van der Waals surface area contributed by atoms with Crippen LogP contribution in [0.4, 0.5) is 0 Å². The summed E-state index contributed by atoms with van der Waals surface area (Å²) in [5.41, 5.74) is 0.928. The van der Waals surface area contributed by atoms with Gasteiger partial charge in [-0.25, -0.2) is 0 Å². The summed E-state index contributed by atoms with van der Waals surface area (Å²) in [6.07, 6.45) is 2.12. The number of carbonyl (C=O) groups excluding carboxylic acids is 1. The van der Waals surface area contributed by atoms with E-state index in [-0.39, 0.29) is 15.9 Å². The lowest BCUT2D eigenvalue weighted by Crippen LogP contribution is -2.44. The van der Waals surface area contributed by atoms with E-state index in [4.69, 9.17) is 0 Å². The van der Waals surface area contributed by atoms with Crippen molar-refractivity contribution in [2.75, 3.05) is 0 Å². The molecule has 1 aliphatic carbocycles. The Kier molecular flexibility index (Phi) is 2.94. The fourth-order valence-electron chi connectivity index (χ4n) is 1.96. The van der Waals surface area contributed by atoms with Crippen molar-refractivity contribution in [3.8, 4) is 0 Å². The maximum Gasteiger partial charge on any atom is 0.179 e. The van der Waals surface area contributed by atoms with Gasteiger partial charge in [-0.1, -0.05) is 45.0 Å². The van der Waals surface area contributed by atoms with Crippen LogP contribution in [0.3, 0.4) is 0 Å². The Labute approximate surface area is 107 Å². The van der Waals surface area contributed by atoms with E-state index in [9.17, 15) is 4.79 Å². The molecule has 1 unspecified atom stereocenters. The number of ketones is 1. The lowest BCUT2D eigenvalue weighted by atomic mass is 9.72. The number of thioether (sulfide) groups is 1. The maximum absolute atomic E-state index is 12.2. The van der Waals surface area contributed by atoms with Crippen LogP contribution in [0.1, 0.15) is 27.7 Å². The van der Waals surface area contributed by atoms with E-state index in [0.717, 1.165) is 10.5 Å². The first kappa shape index (κ1) is 12.4. The standard InChI is InChI=1S/C15H18OS/c1-14(2,3)12-10-15(4,13(12)16)17-11-8-6-5-7-9-11/h5-10H,1-4H3. The molecule has 2 rings (SSSR count). The lowest BCUT2D eigenvalue weighted by Gasteiger charge is -2.39. The number of allylic oxidation sites excluding steroid dienone is 1.